The molecule has 5 nitrogen and oxygen atoms in total. The van der Waals surface area contributed by atoms with Gasteiger partial charge < -0.3 is 10.2 Å². The minimum atomic E-state index is -0.215. The summed E-state index contributed by atoms with van der Waals surface area (Å²) in [5.41, 5.74) is 0.454. The van der Waals surface area contributed by atoms with Crippen LogP contribution in [0.2, 0.25) is 5.02 Å². The summed E-state index contributed by atoms with van der Waals surface area (Å²) in [7, 11) is 3.93. The molecule has 1 heterocycles. The average Bonchev–Trinajstić information content (AvgIpc) is 2.45. The fourth-order valence-electron chi connectivity index (χ4n) is 2.64. The first-order valence-corrected chi connectivity index (χ1v) is 8.02. The molecule has 1 fully saturated rings. The number of hydrogen-bond acceptors (Lipinski definition) is 4. The van der Waals surface area contributed by atoms with Crippen molar-refractivity contribution in [2.75, 3.05) is 26.0 Å². The number of halogens is 1. The van der Waals surface area contributed by atoms with E-state index < -0.39 is 0 Å². The highest BCUT2D eigenvalue weighted by Crippen LogP contribution is 2.27. The number of nitrogens with zero attached hydrogens (tertiary/aromatic N) is 3. The predicted octanol–water partition coefficient (Wildman–Crippen LogP) is 2.45. The van der Waals surface area contributed by atoms with Gasteiger partial charge in [-0.2, -0.15) is 5.10 Å². The van der Waals surface area contributed by atoms with E-state index in [4.69, 9.17) is 11.6 Å². The molecule has 118 valence electrons. The Balaban J connectivity index is 2.04. The lowest BCUT2D eigenvalue weighted by Gasteiger charge is -2.27. The highest BCUT2D eigenvalue weighted by molar-refractivity contribution is 6.32. The van der Waals surface area contributed by atoms with E-state index in [1.165, 1.54) is 17.5 Å². The van der Waals surface area contributed by atoms with Gasteiger partial charge in [0.25, 0.3) is 5.56 Å². The molecule has 1 aliphatic rings. The van der Waals surface area contributed by atoms with Gasteiger partial charge in [0.05, 0.1) is 18.4 Å². The van der Waals surface area contributed by atoms with Crippen LogP contribution in [0.1, 0.15) is 32.6 Å². The molecular formula is C15H25ClN4O. The molecule has 0 spiro atoms. The molecule has 0 bridgehead atoms. The second kappa shape index (κ2) is 7.27. The zero-order valence-electron chi connectivity index (χ0n) is 13.1. The second-order valence-corrected chi connectivity index (χ2v) is 6.68. The summed E-state index contributed by atoms with van der Waals surface area (Å²) < 4.78 is 1.43. The van der Waals surface area contributed by atoms with Crippen LogP contribution in [0, 0.1) is 5.92 Å². The van der Waals surface area contributed by atoms with Crippen molar-refractivity contribution in [2.45, 2.75) is 45.2 Å². The van der Waals surface area contributed by atoms with Crippen LogP contribution in [0.3, 0.4) is 0 Å². The van der Waals surface area contributed by atoms with E-state index in [-0.39, 0.29) is 10.6 Å². The molecule has 0 aliphatic heterocycles. The lowest BCUT2D eigenvalue weighted by Crippen LogP contribution is -2.31. The molecule has 0 radical (unpaired) electrons. The van der Waals surface area contributed by atoms with Crippen LogP contribution in [-0.2, 0) is 6.54 Å². The van der Waals surface area contributed by atoms with Gasteiger partial charge >= 0.3 is 0 Å². The minimum absolute atomic E-state index is 0.215. The number of nitrogens with one attached hydrogen (secondary N) is 1. The molecule has 21 heavy (non-hydrogen) atoms. The summed E-state index contributed by atoms with van der Waals surface area (Å²) in [5.74, 6) is 0.802. The lowest BCUT2D eigenvalue weighted by molar-refractivity contribution is 0.360. The lowest BCUT2D eigenvalue weighted by atomic mass is 9.87. The van der Waals surface area contributed by atoms with Gasteiger partial charge in [-0.05, 0) is 45.7 Å². The molecule has 6 heteroatoms. The second-order valence-electron chi connectivity index (χ2n) is 6.30. The Labute approximate surface area is 131 Å². The SMILES string of the molecule is CC1CCC(Nc2cnn(CCN(C)C)c(=O)c2Cl)CC1. The van der Waals surface area contributed by atoms with Crippen LogP contribution >= 0.6 is 11.6 Å². The fraction of sp³-hybridized carbons (Fsp3) is 0.733. The number of likely N-dealkylation sites (N-methyl/N-ethyl adjacent to an activating group) is 1. The third-order valence-electron chi connectivity index (χ3n) is 4.12. The zero-order chi connectivity index (χ0) is 15.4. The summed E-state index contributed by atoms with van der Waals surface area (Å²) in [6.07, 6.45) is 6.38. The molecule has 0 saturated heterocycles. The molecule has 1 aromatic heterocycles. The van der Waals surface area contributed by atoms with E-state index in [1.54, 1.807) is 6.20 Å². The van der Waals surface area contributed by atoms with Gasteiger partial charge in [-0.3, -0.25) is 4.79 Å². The summed E-state index contributed by atoms with van der Waals surface area (Å²) in [4.78, 5) is 14.2. The van der Waals surface area contributed by atoms with Crippen LogP contribution < -0.4 is 10.9 Å². The van der Waals surface area contributed by atoms with Crippen molar-refractivity contribution in [1.29, 1.82) is 0 Å². The molecule has 1 aromatic rings. The van der Waals surface area contributed by atoms with E-state index in [1.807, 2.05) is 19.0 Å². The normalized spacial score (nSPS) is 22.5. The number of hydrogen-bond donors (Lipinski definition) is 1. The van der Waals surface area contributed by atoms with E-state index in [9.17, 15) is 4.79 Å². The van der Waals surface area contributed by atoms with Crippen LogP contribution in [0.25, 0.3) is 0 Å². The Kier molecular flexibility index (Phi) is 5.65. The van der Waals surface area contributed by atoms with Crippen molar-refractivity contribution >= 4 is 17.3 Å². The Morgan fingerprint density at radius 3 is 2.67 bits per heavy atom. The van der Waals surface area contributed by atoms with Gasteiger partial charge in [-0.25, -0.2) is 4.68 Å². The fourth-order valence-corrected chi connectivity index (χ4v) is 2.84. The standard InChI is InChI=1S/C15H25ClN4O/c1-11-4-6-12(7-5-11)18-13-10-17-20(9-8-19(2)3)15(21)14(13)16/h10-12,18H,4-9H2,1-3H3. The highest BCUT2D eigenvalue weighted by Gasteiger charge is 2.19. The van der Waals surface area contributed by atoms with E-state index in [0.29, 0.717) is 18.3 Å². The van der Waals surface area contributed by atoms with Crippen molar-refractivity contribution in [3.8, 4) is 0 Å². The van der Waals surface area contributed by atoms with Crippen molar-refractivity contribution in [1.82, 2.24) is 14.7 Å². The Morgan fingerprint density at radius 1 is 1.38 bits per heavy atom. The monoisotopic (exact) mass is 312 g/mol. The molecule has 1 N–H and O–H groups in total. The van der Waals surface area contributed by atoms with Gasteiger partial charge in [0, 0.05) is 12.6 Å². The third kappa shape index (κ3) is 4.45. The van der Waals surface area contributed by atoms with Gasteiger partial charge in [0.1, 0.15) is 5.02 Å². The van der Waals surface area contributed by atoms with E-state index in [2.05, 4.69) is 17.3 Å². The van der Waals surface area contributed by atoms with Gasteiger partial charge in [0.2, 0.25) is 0 Å². The molecule has 0 atom stereocenters. The Hall–Kier alpha value is -1.07. The zero-order valence-corrected chi connectivity index (χ0v) is 13.9. The van der Waals surface area contributed by atoms with Crippen molar-refractivity contribution in [3.05, 3.63) is 21.6 Å². The topological polar surface area (TPSA) is 50.2 Å². The summed E-state index contributed by atoms with van der Waals surface area (Å²) in [5, 5.41) is 7.86. The Morgan fingerprint density at radius 2 is 2.05 bits per heavy atom. The van der Waals surface area contributed by atoms with Crippen molar-refractivity contribution in [3.63, 3.8) is 0 Å². The maximum absolute atomic E-state index is 12.2. The van der Waals surface area contributed by atoms with Crippen LogP contribution in [0.5, 0.6) is 0 Å². The largest absolute Gasteiger partial charge is 0.380 e. The van der Waals surface area contributed by atoms with Crippen molar-refractivity contribution < 1.29 is 0 Å². The molecule has 2 rings (SSSR count). The average molecular weight is 313 g/mol. The van der Waals surface area contributed by atoms with Crippen molar-refractivity contribution in [2.24, 2.45) is 5.92 Å². The number of rotatable bonds is 5. The number of aromatic nitrogens is 2. The molecule has 1 saturated carbocycles. The quantitative estimate of drug-likeness (QED) is 0.907. The molecule has 1 aliphatic carbocycles. The summed E-state index contributed by atoms with van der Waals surface area (Å²) in [6, 6.07) is 0.400. The van der Waals surface area contributed by atoms with Crippen LogP contribution in [0.4, 0.5) is 5.69 Å². The first kappa shape index (κ1) is 16.3. The molecule has 0 amide bonds. The third-order valence-corrected chi connectivity index (χ3v) is 4.48. The first-order chi connectivity index (χ1) is 9.97. The first-order valence-electron chi connectivity index (χ1n) is 7.64. The smallest absolute Gasteiger partial charge is 0.287 e. The summed E-state index contributed by atoms with van der Waals surface area (Å²) >= 11 is 6.21. The number of anilines is 1. The predicted molar refractivity (Wildman–Crippen MR) is 87.1 cm³/mol. The molecule has 0 unspecified atom stereocenters. The van der Waals surface area contributed by atoms with Crippen LogP contribution in [-0.4, -0.2) is 41.4 Å². The van der Waals surface area contributed by atoms with E-state index in [0.717, 1.165) is 25.3 Å². The minimum Gasteiger partial charge on any atom is -0.380 e. The van der Waals surface area contributed by atoms with Gasteiger partial charge in [-0.1, -0.05) is 18.5 Å². The van der Waals surface area contributed by atoms with E-state index >= 15 is 0 Å². The maximum atomic E-state index is 12.2. The van der Waals surface area contributed by atoms with Gasteiger partial charge in [-0.15, -0.1) is 0 Å². The Bertz CT molecular complexity index is 521. The van der Waals surface area contributed by atoms with Crippen LogP contribution in [0.15, 0.2) is 11.0 Å². The highest BCUT2D eigenvalue weighted by atomic mass is 35.5. The maximum Gasteiger partial charge on any atom is 0.287 e. The summed E-state index contributed by atoms with van der Waals surface area (Å²) in [6.45, 7) is 3.60. The molecular weight excluding hydrogens is 288 g/mol. The van der Waals surface area contributed by atoms with Gasteiger partial charge in [0.15, 0.2) is 0 Å². The molecule has 0 aromatic carbocycles.